The fourth-order valence-electron chi connectivity index (χ4n) is 17.1. The summed E-state index contributed by atoms with van der Waals surface area (Å²) >= 11 is 45.8. The van der Waals surface area contributed by atoms with Crippen LogP contribution in [0.25, 0.3) is 166 Å². The number of benzene rings is 12. The molecule has 0 atom stereocenters. The number of rotatable bonds is 7. The molecular formula is C110H81B2BrCl7N13O6. The number of carbonyl (C=O) groups is 2. The molecule has 1 fully saturated rings. The van der Waals surface area contributed by atoms with Gasteiger partial charge in [0, 0.05) is 116 Å². The molecule has 0 spiro atoms. The van der Waals surface area contributed by atoms with Crippen LogP contribution < -0.4 is 22.4 Å². The van der Waals surface area contributed by atoms with Gasteiger partial charge in [-0.15, -0.1) is 0 Å². The van der Waals surface area contributed by atoms with Crippen LogP contribution in [0.2, 0.25) is 35.2 Å². The zero-order valence-corrected chi connectivity index (χ0v) is 81.7. The molecule has 0 saturated carbocycles. The summed E-state index contributed by atoms with van der Waals surface area (Å²) in [4.78, 5) is 63.6. The zero-order valence-electron chi connectivity index (χ0n) is 74.8. The first kappa shape index (κ1) is 94.4. The van der Waals surface area contributed by atoms with Crippen LogP contribution in [-0.4, -0.2) is 102 Å². The zero-order chi connectivity index (χ0) is 96.7. The van der Waals surface area contributed by atoms with Crippen LogP contribution in [-0.2, 0) is 22.2 Å². The number of hydrogen-bond acceptors (Lipinski definition) is 16. The second kappa shape index (κ2) is 40.1. The Labute approximate surface area is 841 Å². The molecular weight excluding hydrogens is 1950 g/mol. The number of anilines is 2. The Bertz CT molecular complexity index is 8650. The van der Waals surface area contributed by atoms with E-state index in [4.69, 9.17) is 142 Å². The van der Waals surface area contributed by atoms with Gasteiger partial charge >= 0.3 is 14.2 Å². The summed E-state index contributed by atoms with van der Waals surface area (Å²) in [5, 5.41) is 31.0. The van der Waals surface area contributed by atoms with Crippen molar-refractivity contribution in [2.75, 3.05) is 11.5 Å². The third-order valence-corrected chi connectivity index (χ3v) is 27.3. The molecule has 0 bridgehead atoms. The lowest BCUT2D eigenvalue weighted by Gasteiger charge is -2.32. The molecule has 0 unspecified atom stereocenters. The number of allylic oxidation sites excluding steroid dienone is 2. The van der Waals surface area contributed by atoms with Gasteiger partial charge in [-0.2, -0.15) is 0 Å². The Hall–Kier alpha value is -13.5. The summed E-state index contributed by atoms with van der Waals surface area (Å²) in [6, 6.07) is 93.0. The van der Waals surface area contributed by atoms with Gasteiger partial charge in [0.1, 0.15) is 28.1 Å². The van der Waals surface area contributed by atoms with Crippen molar-refractivity contribution in [3.05, 3.63) is 377 Å². The number of para-hydroxylation sites is 9. The van der Waals surface area contributed by atoms with Gasteiger partial charge in [0.2, 0.25) is 0 Å². The molecule has 22 aromatic rings. The van der Waals surface area contributed by atoms with Crippen LogP contribution in [0, 0.1) is 0 Å². The minimum atomic E-state index is -1.57. The number of fused-ring (bicyclic) bond motifs is 22. The minimum Gasteiger partial charge on any atom is -0.423 e. The van der Waals surface area contributed by atoms with Crippen molar-refractivity contribution in [3.63, 3.8) is 0 Å². The molecule has 25 rings (SSSR count). The van der Waals surface area contributed by atoms with Crippen molar-refractivity contribution >= 4 is 279 Å². The number of hydrogen-bond donors (Lipinski definition) is 5. The maximum atomic E-state index is 11.3. The Morgan fingerprint density at radius 1 is 0.410 bits per heavy atom. The first-order valence-corrected chi connectivity index (χ1v) is 47.9. The monoisotopic (exact) mass is 2030 g/mol. The van der Waals surface area contributed by atoms with E-state index in [1.165, 1.54) is 12.1 Å². The standard InChI is InChI=1S/C28H26BN3O2.C22H13Cl2N3.C22H14ClN3.C16H9Cl2NO.C10H6BrNO.C6H5BCl2O2.C6H8N2/c1-27(2)28(3,4)34-29(33-27)18-13-14-23-19(16-18)20-15-17-9-5-6-10-21(17)30-25(20)26-31-22-11-7-8-12-24(22)32(23)26;23-14-9-10-17(24)15(12-14)16-11-13-5-1-2-6-18(13)25-21(16)22-26-19-7-3-4-8-20(19)27-22;23-14-9-10-19-15(12-14)16-11-13-5-1-2-6-17(13)24-21(16)22-25-18-7-3-4-8-20(18)26(19)22;17-11-5-6-14(18)12(8-11)13-7-10-3-1-2-4-15(10)19-16(13)9-20;11-8-5-7-3-1-2-4-9(7)12-10(8)6-13;8-4-1-2-6(9)5(3-4)7(10)11;7-5-3-1-2-4-6(5)8/h5-6,8-10,12-16H,7,11H2,1-4H3;1-12H,(H,26,27);1-2,4-6,8-12H,3,7H2;1-9H;1-6H;1-3,10-11H;1-4H,7-8H2. The molecule has 10 aromatic heterocycles. The van der Waals surface area contributed by atoms with E-state index in [9.17, 15) is 9.59 Å². The van der Waals surface area contributed by atoms with E-state index in [2.05, 4.69) is 164 Å². The van der Waals surface area contributed by atoms with Gasteiger partial charge in [0.05, 0.1) is 95.0 Å². The van der Waals surface area contributed by atoms with E-state index in [0.717, 1.165) is 213 Å². The van der Waals surface area contributed by atoms with E-state index in [-0.39, 0.29) is 16.7 Å². The van der Waals surface area contributed by atoms with Crippen molar-refractivity contribution in [1.29, 1.82) is 0 Å². The molecule has 1 saturated heterocycles. The molecule has 11 heterocycles. The van der Waals surface area contributed by atoms with E-state index < -0.39 is 14.2 Å². The number of nitrogen functional groups attached to an aromatic ring is 2. The van der Waals surface area contributed by atoms with Crippen molar-refractivity contribution in [3.8, 4) is 33.8 Å². The Balaban J connectivity index is 0.000000108. The SMILES string of the molecule is CC1(C)OB(c2ccc3c(c2)c2cc4ccccc4nc2c2nc4c(n32)C=CCC4)OC1(C)C.Clc1ccc(Cl)c(-c2cc3ccccc3nc2-c2nc3ccccc3[nH]2)c1.Clc1ccc2c(c1)c1cc3ccccc3nc1c1nc3c(n21)C=CCC3.Nc1ccccc1N.O=Cc1nc2ccccc2cc1-c1cc(Cl)ccc1Cl.O=Cc1nc2ccccc2cc1Br.OB(O)c1cc(Cl)ccc1Cl. The average Bonchev–Trinajstić information content (AvgIpc) is 1.65. The summed E-state index contributed by atoms with van der Waals surface area (Å²) < 4.78 is 18.0. The molecule has 1 aliphatic heterocycles. The highest BCUT2D eigenvalue weighted by atomic mass is 79.9. The lowest BCUT2D eigenvalue weighted by atomic mass is 9.78. The summed E-state index contributed by atoms with van der Waals surface area (Å²) in [6.45, 7) is 8.36. The molecule has 139 heavy (non-hydrogen) atoms. The number of pyridine rings is 7. The highest BCUT2D eigenvalue weighted by molar-refractivity contribution is 9.10. The minimum absolute atomic E-state index is 0.221. The third kappa shape index (κ3) is 19.5. The number of H-pyrrole nitrogens is 1. The number of aromatic nitrogens is 11. The second-order valence-corrected chi connectivity index (χ2v) is 38.1. The first-order valence-electron chi connectivity index (χ1n) is 44.4. The number of imidazole rings is 3. The van der Waals surface area contributed by atoms with Gasteiger partial charge in [0.25, 0.3) is 0 Å². The molecule has 29 heteroatoms. The topological polar surface area (TPSA) is 273 Å². The van der Waals surface area contributed by atoms with Crippen molar-refractivity contribution in [2.45, 2.75) is 64.6 Å². The van der Waals surface area contributed by atoms with Crippen molar-refractivity contribution < 1.29 is 28.9 Å². The highest BCUT2D eigenvalue weighted by Gasteiger charge is 2.52. The predicted octanol–water partition coefficient (Wildman–Crippen LogP) is 27.4. The summed E-state index contributed by atoms with van der Waals surface area (Å²) in [5.41, 5.74) is 34.1. The summed E-state index contributed by atoms with van der Waals surface area (Å²) in [5.74, 6) is 0.702. The molecule has 12 aromatic carbocycles. The predicted molar refractivity (Wildman–Crippen MR) is 578 cm³/mol. The van der Waals surface area contributed by atoms with Crippen LogP contribution in [0.3, 0.4) is 0 Å². The van der Waals surface area contributed by atoms with Gasteiger partial charge in [0.15, 0.2) is 29.7 Å². The average molecular weight is 2030 g/mol. The van der Waals surface area contributed by atoms with Crippen LogP contribution in [0.5, 0.6) is 0 Å². The number of halogens is 8. The molecule has 0 radical (unpaired) electrons. The van der Waals surface area contributed by atoms with Gasteiger partial charge in [-0.05, 0) is 251 Å². The summed E-state index contributed by atoms with van der Waals surface area (Å²) in [7, 11) is -1.98. The molecule has 684 valence electrons. The molecule has 2 aliphatic carbocycles. The fourth-order valence-corrected chi connectivity index (χ4v) is 18.9. The van der Waals surface area contributed by atoms with Crippen molar-refractivity contribution in [2.24, 2.45) is 0 Å². The Kier molecular flexibility index (Phi) is 27.3. The molecule has 19 nitrogen and oxygen atoms in total. The number of aldehydes is 2. The Morgan fingerprint density at radius 2 is 0.820 bits per heavy atom. The number of aromatic amines is 1. The lowest BCUT2D eigenvalue weighted by molar-refractivity contribution is 0.00578. The fraction of sp³-hybridized carbons (Fsp3) is 0.0909. The lowest BCUT2D eigenvalue weighted by Crippen LogP contribution is -2.41. The van der Waals surface area contributed by atoms with E-state index in [1.54, 1.807) is 48.5 Å². The number of nitrogens with two attached hydrogens (primary N) is 2. The number of nitrogens with zero attached hydrogens (tertiary/aromatic N) is 10. The molecule has 0 amide bonds. The third-order valence-electron chi connectivity index (χ3n) is 24.8. The van der Waals surface area contributed by atoms with E-state index >= 15 is 0 Å². The normalized spacial score (nSPS) is 13.2. The first-order chi connectivity index (χ1) is 67.2. The van der Waals surface area contributed by atoms with Gasteiger partial charge in [-0.3, -0.25) is 18.4 Å². The quantitative estimate of drug-likeness (QED) is 0.0326. The van der Waals surface area contributed by atoms with Gasteiger partial charge in [-0.25, -0.2) is 39.9 Å². The summed E-state index contributed by atoms with van der Waals surface area (Å²) in [6.07, 6.45) is 14.3. The van der Waals surface area contributed by atoms with E-state index in [1.807, 2.05) is 158 Å². The van der Waals surface area contributed by atoms with Gasteiger partial charge < -0.3 is 35.8 Å². The number of aryl methyl sites for hydroxylation is 2. The van der Waals surface area contributed by atoms with Gasteiger partial charge in [-0.1, -0.05) is 221 Å². The van der Waals surface area contributed by atoms with Crippen molar-refractivity contribution in [1.82, 2.24) is 53.7 Å². The van der Waals surface area contributed by atoms with Crippen LogP contribution >= 0.6 is 97.1 Å². The number of carbonyl (C=O) groups excluding carboxylic acids is 2. The number of nitrogens with one attached hydrogen (secondary N) is 1. The smallest absolute Gasteiger partial charge is 0.423 e. The molecule has 3 aliphatic rings. The van der Waals surface area contributed by atoms with Crippen LogP contribution in [0.1, 0.15) is 84.3 Å². The van der Waals surface area contributed by atoms with E-state index in [0.29, 0.717) is 69.8 Å². The largest absolute Gasteiger partial charge is 0.494 e. The Morgan fingerprint density at radius 3 is 1.32 bits per heavy atom. The highest BCUT2D eigenvalue weighted by Crippen LogP contribution is 2.43. The molecule has 7 N–H and O–H groups in total. The van der Waals surface area contributed by atoms with Crippen LogP contribution in [0.4, 0.5) is 11.4 Å². The maximum absolute atomic E-state index is 11.3. The van der Waals surface area contributed by atoms with Crippen LogP contribution in [0.15, 0.2) is 308 Å². The second-order valence-electron chi connectivity index (χ2n) is 34.3. The maximum Gasteiger partial charge on any atom is 0.494 e.